The molecule has 2 aromatic rings. The quantitative estimate of drug-likeness (QED) is 0.718. The van der Waals surface area contributed by atoms with Gasteiger partial charge >= 0.3 is 0 Å². The van der Waals surface area contributed by atoms with Gasteiger partial charge in [0.2, 0.25) is 5.95 Å². The van der Waals surface area contributed by atoms with E-state index in [1.54, 1.807) is 13.4 Å². The summed E-state index contributed by atoms with van der Waals surface area (Å²) in [6.45, 7) is 7.61. The number of anilines is 2. The number of nitrogens with one attached hydrogen (secondary N) is 3. The minimum absolute atomic E-state index is 0.233. The standard InChI is InChI=1S/C13H22N6O/c1-5-6-14-12-17-10-9(15-8-16-10)11(18-12)19-13(2,3)7-20-4/h8H,5-7H2,1-4H3,(H3,14,15,16,17,18,19). The lowest BCUT2D eigenvalue weighted by Crippen LogP contribution is -2.36. The number of hydrogen-bond acceptors (Lipinski definition) is 6. The summed E-state index contributed by atoms with van der Waals surface area (Å²) < 4.78 is 5.22. The van der Waals surface area contributed by atoms with E-state index in [2.05, 4.69) is 51.3 Å². The minimum atomic E-state index is -0.233. The molecule has 110 valence electrons. The van der Waals surface area contributed by atoms with E-state index >= 15 is 0 Å². The zero-order valence-corrected chi connectivity index (χ0v) is 12.4. The third-order valence-corrected chi connectivity index (χ3v) is 2.78. The Morgan fingerprint density at radius 1 is 1.35 bits per heavy atom. The molecule has 0 unspecified atom stereocenters. The first kappa shape index (κ1) is 14.5. The molecule has 2 rings (SSSR count). The highest BCUT2D eigenvalue weighted by atomic mass is 16.5. The predicted octanol–water partition coefficient (Wildman–Crippen LogP) is 2.01. The molecule has 0 spiro atoms. The zero-order chi connectivity index (χ0) is 14.6. The molecule has 0 bridgehead atoms. The van der Waals surface area contributed by atoms with Crippen LogP contribution in [0.4, 0.5) is 11.8 Å². The molecule has 0 aromatic carbocycles. The third-order valence-electron chi connectivity index (χ3n) is 2.78. The summed E-state index contributed by atoms with van der Waals surface area (Å²) in [5.41, 5.74) is 1.22. The van der Waals surface area contributed by atoms with Crippen LogP contribution in [0, 0.1) is 0 Å². The van der Waals surface area contributed by atoms with Crippen LogP contribution in [0.1, 0.15) is 27.2 Å². The Labute approximate surface area is 118 Å². The van der Waals surface area contributed by atoms with Crippen molar-refractivity contribution in [1.82, 2.24) is 19.9 Å². The topological polar surface area (TPSA) is 87.8 Å². The van der Waals surface area contributed by atoms with Gasteiger partial charge in [0.15, 0.2) is 11.5 Å². The normalized spacial score (nSPS) is 11.8. The number of rotatable bonds is 7. The Hall–Kier alpha value is -1.89. The molecule has 0 atom stereocenters. The number of nitrogens with zero attached hydrogens (tertiary/aromatic N) is 3. The lowest BCUT2D eigenvalue weighted by molar-refractivity contribution is 0.158. The molecular weight excluding hydrogens is 256 g/mol. The van der Waals surface area contributed by atoms with E-state index in [0.717, 1.165) is 24.3 Å². The van der Waals surface area contributed by atoms with Gasteiger partial charge in [-0.3, -0.25) is 0 Å². The minimum Gasteiger partial charge on any atom is -0.382 e. The monoisotopic (exact) mass is 278 g/mol. The number of aromatic nitrogens is 4. The lowest BCUT2D eigenvalue weighted by Gasteiger charge is -2.26. The molecule has 3 N–H and O–H groups in total. The van der Waals surface area contributed by atoms with Gasteiger partial charge in [-0.05, 0) is 20.3 Å². The fourth-order valence-corrected chi connectivity index (χ4v) is 1.96. The number of fused-ring (bicyclic) bond motifs is 1. The first-order valence-electron chi connectivity index (χ1n) is 6.78. The molecule has 0 fully saturated rings. The summed E-state index contributed by atoms with van der Waals surface area (Å²) in [4.78, 5) is 16.2. The second-order valence-corrected chi connectivity index (χ2v) is 5.37. The maximum absolute atomic E-state index is 5.22. The van der Waals surface area contributed by atoms with Crippen molar-refractivity contribution in [2.45, 2.75) is 32.7 Å². The average molecular weight is 278 g/mol. The van der Waals surface area contributed by atoms with Gasteiger partial charge in [-0.2, -0.15) is 9.97 Å². The van der Waals surface area contributed by atoms with E-state index < -0.39 is 0 Å². The molecule has 0 saturated heterocycles. The Balaban J connectivity index is 2.32. The van der Waals surface area contributed by atoms with Crippen LogP contribution < -0.4 is 10.6 Å². The van der Waals surface area contributed by atoms with Crippen molar-refractivity contribution >= 4 is 22.9 Å². The Kier molecular flexibility index (Phi) is 4.39. The van der Waals surface area contributed by atoms with Crippen molar-refractivity contribution in [3.05, 3.63) is 6.33 Å². The second-order valence-electron chi connectivity index (χ2n) is 5.37. The van der Waals surface area contributed by atoms with Gasteiger partial charge in [0.1, 0.15) is 5.52 Å². The highest BCUT2D eigenvalue weighted by Crippen LogP contribution is 2.22. The number of aromatic amines is 1. The highest BCUT2D eigenvalue weighted by Gasteiger charge is 2.20. The van der Waals surface area contributed by atoms with Gasteiger partial charge in [0, 0.05) is 13.7 Å². The summed E-state index contributed by atoms with van der Waals surface area (Å²) in [7, 11) is 1.68. The van der Waals surface area contributed by atoms with Gasteiger partial charge < -0.3 is 20.4 Å². The molecule has 0 aliphatic rings. The van der Waals surface area contributed by atoms with E-state index in [1.165, 1.54) is 0 Å². The predicted molar refractivity (Wildman–Crippen MR) is 80.0 cm³/mol. The Bertz CT molecular complexity index is 565. The van der Waals surface area contributed by atoms with Crippen molar-refractivity contribution in [1.29, 1.82) is 0 Å². The van der Waals surface area contributed by atoms with E-state index in [0.29, 0.717) is 18.2 Å². The highest BCUT2D eigenvalue weighted by molar-refractivity contribution is 5.84. The average Bonchev–Trinajstić information content (AvgIpc) is 2.84. The summed E-state index contributed by atoms with van der Waals surface area (Å²) in [5, 5.41) is 6.56. The Morgan fingerprint density at radius 3 is 2.85 bits per heavy atom. The number of ether oxygens (including phenoxy) is 1. The molecule has 7 heteroatoms. The van der Waals surface area contributed by atoms with Crippen molar-refractivity contribution in [3.8, 4) is 0 Å². The molecule has 2 aromatic heterocycles. The van der Waals surface area contributed by atoms with Crippen LogP contribution in [0.2, 0.25) is 0 Å². The Morgan fingerprint density at radius 2 is 2.15 bits per heavy atom. The van der Waals surface area contributed by atoms with E-state index in [4.69, 9.17) is 4.74 Å². The van der Waals surface area contributed by atoms with Gasteiger partial charge in [0.05, 0.1) is 18.5 Å². The van der Waals surface area contributed by atoms with Crippen LogP contribution in [0.3, 0.4) is 0 Å². The summed E-state index contributed by atoms with van der Waals surface area (Å²) in [5.74, 6) is 1.32. The van der Waals surface area contributed by atoms with E-state index in [-0.39, 0.29) is 5.54 Å². The van der Waals surface area contributed by atoms with Crippen molar-refractivity contribution in [2.75, 3.05) is 30.9 Å². The fourth-order valence-electron chi connectivity index (χ4n) is 1.96. The first-order chi connectivity index (χ1) is 9.55. The van der Waals surface area contributed by atoms with E-state index in [9.17, 15) is 0 Å². The van der Waals surface area contributed by atoms with Gasteiger partial charge in [-0.1, -0.05) is 6.92 Å². The molecule has 0 amide bonds. The maximum atomic E-state index is 5.22. The van der Waals surface area contributed by atoms with Gasteiger partial charge in [-0.25, -0.2) is 4.98 Å². The van der Waals surface area contributed by atoms with Crippen LogP contribution in [0.25, 0.3) is 11.2 Å². The molecule has 20 heavy (non-hydrogen) atoms. The van der Waals surface area contributed by atoms with Crippen LogP contribution in [-0.4, -0.2) is 45.7 Å². The van der Waals surface area contributed by atoms with Crippen LogP contribution >= 0.6 is 0 Å². The smallest absolute Gasteiger partial charge is 0.226 e. The lowest BCUT2D eigenvalue weighted by atomic mass is 10.1. The molecular formula is C13H22N6O. The van der Waals surface area contributed by atoms with Crippen molar-refractivity contribution < 1.29 is 4.74 Å². The number of methoxy groups -OCH3 is 1. The van der Waals surface area contributed by atoms with Crippen molar-refractivity contribution in [3.63, 3.8) is 0 Å². The maximum Gasteiger partial charge on any atom is 0.226 e. The van der Waals surface area contributed by atoms with Gasteiger partial charge in [-0.15, -0.1) is 0 Å². The second kappa shape index (κ2) is 6.04. The van der Waals surface area contributed by atoms with Crippen molar-refractivity contribution in [2.24, 2.45) is 0 Å². The fraction of sp³-hybridized carbons (Fsp3) is 0.615. The largest absolute Gasteiger partial charge is 0.382 e. The summed E-state index contributed by atoms with van der Waals surface area (Å²) in [6.07, 6.45) is 2.64. The molecule has 0 radical (unpaired) electrons. The third kappa shape index (κ3) is 3.36. The first-order valence-corrected chi connectivity index (χ1v) is 6.78. The van der Waals surface area contributed by atoms with Crippen LogP contribution in [0.15, 0.2) is 6.33 Å². The summed E-state index contributed by atoms with van der Waals surface area (Å²) in [6, 6.07) is 0. The summed E-state index contributed by atoms with van der Waals surface area (Å²) >= 11 is 0. The molecule has 2 heterocycles. The van der Waals surface area contributed by atoms with Gasteiger partial charge in [0.25, 0.3) is 0 Å². The van der Waals surface area contributed by atoms with E-state index in [1.807, 2.05) is 0 Å². The molecule has 0 saturated carbocycles. The number of hydrogen-bond donors (Lipinski definition) is 3. The molecule has 7 nitrogen and oxygen atoms in total. The zero-order valence-electron chi connectivity index (χ0n) is 12.4. The number of H-pyrrole nitrogens is 1. The molecule has 0 aliphatic carbocycles. The number of imidazole rings is 1. The SMILES string of the molecule is CCCNc1nc(NC(C)(C)COC)c2[nH]cnc2n1. The molecule has 0 aliphatic heterocycles. The van der Waals surface area contributed by atoms with Crippen LogP contribution in [-0.2, 0) is 4.74 Å². The van der Waals surface area contributed by atoms with Crippen LogP contribution in [0.5, 0.6) is 0 Å².